The molecule has 1 N–H and O–H groups in total. The maximum absolute atomic E-state index is 5.54. The van der Waals surface area contributed by atoms with E-state index in [1.807, 2.05) is 0 Å². The van der Waals surface area contributed by atoms with Gasteiger partial charge in [-0.05, 0) is 24.2 Å². The number of hydrogen-bond donors (Lipinski definition) is 1. The second kappa shape index (κ2) is 3.95. The van der Waals surface area contributed by atoms with E-state index in [0.717, 1.165) is 11.0 Å². The van der Waals surface area contributed by atoms with Crippen LogP contribution in [-0.2, 0) is 0 Å². The van der Waals surface area contributed by atoms with Crippen molar-refractivity contribution in [3.63, 3.8) is 0 Å². The molecule has 0 saturated heterocycles. The lowest BCUT2D eigenvalue weighted by atomic mass is 9.75. The number of halogens is 1. The predicted octanol–water partition coefficient (Wildman–Crippen LogP) is 4.25. The molecule has 0 spiro atoms. The van der Waals surface area contributed by atoms with Crippen LogP contribution in [0.4, 0.5) is 5.13 Å². The average Bonchev–Trinajstić information content (AvgIpc) is 2.74. The molecule has 1 aliphatic rings. The van der Waals surface area contributed by atoms with Gasteiger partial charge in [-0.1, -0.05) is 20.8 Å². The zero-order valence-corrected chi connectivity index (χ0v) is 11.0. The van der Waals surface area contributed by atoms with E-state index in [1.165, 1.54) is 18.5 Å². The van der Waals surface area contributed by atoms with E-state index >= 15 is 0 Å². The summed E-state index contributed by atoms with van der Waals surface area (Å²) in [6, 6.07) is 0. The monoisotopic (exact) mass is 244 g/mol. The third-order valence-corrected chi connectivity index (χ3v) is 5.08. The molecule has 0 bridgehead atoms. The van der Waals surface area contributed by atoms with Gasteiger partial charge in [0.2, 0.25) is 0 Å². The van der Waals surface area contributed by atoms with Gasteiger partial charge in [-0.2, -0.15) is 0 Å². The van der Waals surface area contributed by atoms with Gasteiger partial charge in [0, 0.05) is 23.1 Å². The van der Waals surface area contributed by atoms with Crippen molar-refractivity contribution in [2.24, 2.45) is 11.3 Å². The minimum Gasteiger partial charge on any atom is -0.274 e. The summed E-state index contributed by atoms with van der Waals surface area (Å²) in [4.78, 5) is 7.11. The van der Waals surface area contributed by atoms with Crippen LogP contribution in [-0.4, -0.2) is 4.98 Å². The highest BCUT2D eigenvalue weighted by molar-refractivity contribution is 7.14. The molecule has 1 heterocycles. The second-order valence-corrected chi connectivity index (χ2v) is 6.07. The van der Waals surface area contributed by atoms with Crippen molar-refractivity contribution in [2.75, 3.05) is 4.84 Å². The highest BCUT2D eigenvalue weighted by atomic mass is 35.5. The fourth-order valence-corrected chi connectivity index (χ4v) is 3.35. The Labute approximate surface area is 100 Å². The third-order valence-electron chi connectivity index (χ3n) is 4.02. The van der Waals surface area contributed by atoms with Crippen molar-refractivity contribution in [1.82, 2.24) is 4.98 Å². The summed E-state index contributed by atoms with van der Waals surface area (Å²) in [5.41, 5.74) is 1.56. The van der Waals surface area contributed by atoms with E-state index in [0.29, 0.717) is 11.3 Å². The molecule has 1 saturated carbocycles. The molecule has 2 atom stereocenters. The number of anilines is 1. The van der Waals surface area contributed by atoms with Crippen LogP contribution in [0.2, 0.25) is 0 Å². The Hall–Kier alpha value is -0.280. The summed E-state index contributed by atoms with van der Waals surface area (Å²) in [7, 11) is 0. The van der Waals surface area contributed by atoms with Gasteiger partial charge in [-0.3, -0.25) is 4.84 Å². The predicted molar refractivity (Wildman–Crippen MR) is 66.5 cm³/mol. The van der Waals surface area contributed by atoms with Crippen LogP contribution >= 0.6 is 23.1 Å². The number of hydrogen-bond acceptors (Lipinski definition) is 3. The molecule has 2 nitrogen and oxygen atoms in total. The van der Waals surface area contributed by atoms with Gasteiger partial charge < -0.3 is 0 Å². The lowest BCUT2D eigenvalue weighted by Crippen LogP contribution is -2.22. The minimum absolute atomic E-state index is 0.359. The Morgan fingerprint density at radius 1 is 1.53 bits per heavy atom. The molecule has 0 amide bonds. The molecule has 1 aliphatic carbocycles. The van der Waals surface area contributed by atoms with E-state index in [2.05, 4.69) is 36.0 Å². The average molecular weight is 245 g/mol. The SMILES string of the molecule is CC1CCC(c2csc(NCl)n2)C1(C)C. The zero-order chi connectivity index (χ0) is 11.1. The van der Waals surface area contributed by atoms with Gasteiger partial charge in [0.1, 0.15) is 0 Å². The highest BCUT2D eigenvalue weighted by Crippen LogP contribution is 2.52. The van der Waals surface area contributed by atoms with E-state index in [9.17, 15) is 0 Å². The van der Waals surface area contributed by atoms with Gasteiger partial charge in [-0.25, -0.2) is 4.98 Å². The van der Waals surface area contributed by atoms with Gasteiger partial charge in [-0.15, -0.1) is 11.3 Å². The standard InChI is InChI=1S/C11H17ClN2S/c1-7-4-5-8(11(7,2)3)9-6-15-10(13-9)14-12/h6-8H,4-5H2,1-3H3,(H,13,14). The maximum Gasteiger partial charge on any atom is 0.197 e. The number of nitrogens with one attached hydrogen (secondary N) is 1. The van der Waals surface area contributed by atoms with Crippen LogP contribution in [0.3, 0.4) is 0 Å². The van der Waals surface area contributed by atoms with Crippen molar-refractivity contribution in [1.29, 1.82) is 0 Å². The van der Waals surface area contributed by atoms with Crippen LogP contribution in [0.25, 0.3) is 0 Å². The first kappa shape index (κ1) is 11.2. The zero-order valence-electron chi connectivity index (χ0n) is 9.38. The molecule has 0 aliphatic heterocycles. The Morgan fingerprint density at radius 2 is 2.27 bits per heavy atom. The highest BCUT2D eigenvalue weighted by Gasteiger charge is 2.42. The second-order valence-electron chi connectivity index (χ2n) is 5.02. The van der Waals surface area contributed by atoms with Crippen molar-refractivity contribution < 1.29 is 0 Å². The van der Waals surface area contributed by atoms with Gasteiger partial charge in [0.05, 0.1) is 5.69 Å². The Balaban J connectivity index is 2.24. The smallest absolute Gasteiger partial charge is 0.197 e. The quantitative estimate of drug-likeness (QED) is 0.787. The summed E-state index contributed by atoms with van der Waals surface area (Å²) >= 11 is 7.13. The van der Waals surface area contributed by atoms with E-state index in [-0.39, 0.29) is 0 Å². The van der Waals surface area contributed by atoms with Gasteiger partial charge in [0.15, 0.2) is 5.13 Å². The molecule has 4 heteroatoms. The van der Waals surface area contributed by atoms with Crippen molar-refractivity contribution in [2.45, 2.75) is 39.5 Å². The first-order valence-electron chi connectivity index (χ1n) is 5.37. The Kier molecular flexibility index (Phi) is 2.95. The molecule has 1 fully saturated rings. The first-order valence-corrected chi connectivity index (χ1v) is 6.63. The molecular weight excluding hydrogens is 228 g/mol. The molecule has 2 unspecified atom stereocenters. The van der Waals surface area contributed by atoms with Crippen molar-refractivity contribution >= 4 is 28.2 Å². The van der Waals surface area contributed by atoms with Crippen molar-refractivity contribution in [3.8, 4) is 0 Å². The third kappa shape index (κ3) is 1.87. The number of nitrogens with zero attached hydrogens (tertiary/aromatic N) is 1. The summed E-state index contributed by atoms with van der Waals surface area (Å²) in [6.45, 7) is 7.04. The lowest BCUT2D eigenvalue weighted by molar-refractivity contribution is 0.246. The Bertz CT molecular complexity index is 348. The lowest BCUT2D eigenvalue weighted by Gasteiger charge is -2.30. The van der Waals surface area contributed by atoms with Crippen LogP contribution in [0, 0.1) is 11.3 Å². The molecule has 84 valence electrons. The van der Waals surface area contributed by atoms with Crippen LogP contribution in [0.1, 0.15) is 45.2 Å². The molecule has 2 rings (SSSR count). The van der Waals surface area contributed by atoms with Crippen LogP contribution < -0.4 is 4.84 Å². The summed E-state index contributed by atoms with van der Waals surface area (Å²) < 4.78 is 0. The number of aromatic nitrogens is 1. The van der Waals surface area contributed by atoms with Gasteiger partial charge in [0.25, 0.3) is 0 Å². The van der Waals surface area contributed by atoms with E-state index in [1.54, 1.807) is 11.3 Å². The largest absolute Gasteiger partial charge is 0.274 e. The van der Waals surface area contributed by atoms with E-state index in [4.69, 9.17) is 11.8 Å². The summed E-state index contributed by atoms with van der Waals surface area (Å²) in [6.07, 6.45) is 2.55. The fraction of sp³-hybridized carbons (Fsp3) is 0.727. The molecule has 1 aromatic heterocycles. The fourth-order valence-electron chi connectivity index (χ4n) is 2.52. The maximum atomic E-state index is 5.54. The molecular formula is C11H17ClN2S. The molecule has 0 aromatic carbocycles. The number of rotatable bonds is 2. The van der Waals surface area contributed by atoms with Crippen LogP contribution in [0.5, 0.6) is 0 Å². The summed E-state index contributed by atoms with van der Waals surface area (Å²) in [5, 5.41) is 2.94. The van der Waals surface area contributed by atoms with Gasteiger partial charge >= 0.3 is 0 Å². The van der Waals surface area contributed by atoms with E-state index < -0.39 is 0 Å². The molecule has 1 aromatic rings. The number of thiazole rings is 1. The molecule has 15 heavy (non-hydrogen) atoms. The minimum atomic E-state index is 0.359. The molecule has 0 radical (unpaired) electrons. The topological polar surface area (TPSA) is 24.9 Å². The normalized spacial score (nSPS) is 29.3. The van der Waals surface area contributed by atoms with Crippen molar-refractivity contribution in [3.05, 3.63) is 11.1 Å². The van der Waals surface area contributed by atoms with Crippen LogP contribution in [0.15, 0.2) is 5.38 Å². The Morgan fingerprint density at radius 3 is 2.73 bits per heavy atom. The first-order chi connectivity index (χ1) is 7.05. The summed E-state index contributed by atoms with van der Waals surface area (Å²) in [5.74, 6) is 1.36.